The summed E-state index contributed by atoms with van der Waals surface area (Å²) in [5, 5.41) is 8.49. The Morgan fingerprint density at radius 2 is 2.14 bits per heavy atom. The van der Waals surface area contributed by atoms with Crippen molar-refractivity contribution in [1.82, 2.24) is 0 Å². The summed E-state index contributed by atoms with van der Waals surface area (Å²) in [6.07, 6.45) is 2.86. The van der Waals surface area contributed by atoms with Gasteiger partial charge >= 0.3 is 5.97 Å². The van der Waals surface area contributed by atoms with E-state index in [1.165, 1.54) is 0 Å². The minimum Gasteiger partial charge on any atom is -0.480 e. The van der Waals surface area contributed by atoms with E-state index in [1.54, 1.807) is 0 Å². The summed E-state index contributed by atoms with van der Waals surface area (Å²) < 4.78 is 0. The fourth-order valence-corrected chi connectivity index (χ4v) is 0.934. The molecule has 0 aromatic heterocycles. The van der Waals surface area contributed by atoms with Crippen molar-refractivity contribution in [2.24, 2.45) is 16.5 Å². The Bertz CT molecular complexity index is 204. The lowest BCUT2D eigenvalue weighted by atomic mass is 10.1. The van der Waals surface area contributed by atoms with Crippen LogP contribution in [-0.2, 0) is 4.79 Å². The number of nitrogens with two attached hydrogens (primary N) is 2. The first-order valence-electron chi connectivity index (χ1n) is 4.85. The van der Waals surface area contributed by atoms with Gasteiger partial charge in [-0.25, -0.2) is 0 Å². The average molecular weight is 201 g/mol. The molecule has 0 aliphatic carbocycles. The molecule has 0 saturated carbocycles. The van der Waals surface area contributed by atoms with Gasteiger partial charge in [0.15, 0.2) is 0 Å². The van der Waals surface area contributed by atoms with E-state index >= 15 is 0 Å². The van der Waals surface area contributed by atoms with Crippen molar-refractivity contribution in [3.63, 3.8) is 0 Å². The van der Waals surface area contributed by atoms with E-state index < -0.39 is 12.0 Å². The highest BCUT2D eigenvalue weighted by Gasteiger charge is 2.09. The molecule has 0 rings (SSSR count). The van der Waals surface area contributed by atoms with Crippen molar-refractivity contribution >= 4 is 11.8 Å². The van der Waals surface area contributed by atoms with Crippen LogP contribution in [0.3, 0.4) is 0 Å². The minimum atomic E-state index is -0.943. The Hall–Kier alpha value is -1.10. The molecule has 0 unspecified atom stereocenters. The van der Waals surface area contributed by atoms with Gasteiger partial charge in [0.1, 0.15) is 6.04 Å². The fourth-order valence-electron chi connectivity index (χ4n) is 0.934. The monoisotopic (exact) mass is 201 g/mol. The minimum absolute atomic E-state index is 0.497. The Morgan fingerprint density at radius 1 is 1.50 bits per heavy atom. The molecule has 5 N–H and O–H groups in total. The summed E-state index contributed by atoms with van der Waals surface area (Å²) in [4.78, 5) is 14.4. The van der Waals surface area contributed by atoms with Gasteiger partial charge in [0.25, 0.3) is 0 Å². The highest BCUT2D eigenvalue weighted by atomic mass is 16.4. The summed E-state index contributed by atoms with van der Waals surface area (Å²) in [7, 11) is 0. The van der Waals surface area contributed by atoms with Gasteiger partial charge in [0, 0.05) is 13.0 Å². The molecule has 0 aliphatic heterocycles. The molecule has 0 aromatic carbocycles. The van der Waals surface area contributed by atoms with Crippen LogP contribution in [0.2, 0.25) is 0 Å². The van der Waals surface area contributed by atoms with E-state index in [1.807, 2.05) is 6.92 Å². The van der Waals surface area contributed by atoms with Gasteiger partial charge < -0.3 is 16.6 Å². The number of unbranched alkanes of at least 4 members (excludes halogenated alkanes) is 1. The first-order valence-corrected chi connectivity index (χ1v) is 4.85. The number of amidine groups is 1. The summed E-state index contributed by atoms with van der Waals surface area (Å²) in [6.45, 7) is 2.60. The van der Waals surface area contributed by atoms with E-state index in [9.17, 15) is 4.79 Å². The van der Waals surface area contributed by atoms with Crippen LogP contribution in [0, 0.1) is 0 Å². The second-order valence-corrected chi connectivity index (χ2v) is 3.17. The van der Waals surface area contributed by atoms with Crippen molar-refractivity contribution in [2.45, 2.75) is 38.6 Å². The number of carboxylic acid groups (broad SMARTS) is 1. The van der Waals surface area contributed by atoms with E-state index in [2.05, 4.69) is 4.99 Å². The maximum Gasteiger partial charge on any atom is 0.320 e. The standard InChI is InChI=1S/C9H19N3O2/c1-2-8(11)12-6-4-3-5-7(10)9(13)14/h7H,2-6,10H2,1H3,(H2,11,12)(H,13,14)/t7-/m0/s1. The molecule has 0 bridgehead atoms. The molecule has 0 radical (unpaired) electrons. The molecule has 5 nitrogen and oxygen atoms in total. The number of carboxylic acids is 1. The third-order valence-corrected chi connectivity index (χ3v) is 1.92. The Labute approximate surface area is 84.2 Å². The molecule has 5 heteroatoms. The highest BCUT2D eigenvalue weighted by Crippen LogP contribution is 1.99. The maximum atomic E-state index is 10.3. The SMILES string of the molecule is CCC(N)=NCCCC[C@H](N)C(=O)O. The van der Waals surface area contributed by atoms with E-state index in [0.29, 0.717) is 18.8 Å². The Kier molecular flexibility index (Phi) is 6.74. The predicted octanol–water partition coefficient (Wildman–Crippen LogP) is 0.336. The zero-order chi connectivity index (χ0) is 11.0. The molecule has 82 valence electrons. The zero-order valence-electron chi connectivity index (χ0n) is 8.57. The predicted molar refractivity (Wildman–Crippen MR) is 56.2 cm³/mol. The van der Waals surface area contributed by atoms with E-state index in [-0.39, 0.29) is 0 Å². The third-order valence-electron chi connectivity index (χ3n) is 1.92. The number of nitrogens with zero attached hydrogens (tertiary/aromatic N) is 1. The molecule has 14 heavy (non-hydrogen) atoms. The molecule has 0 spiro atoms. The molecule has 1 atom stereocenters. The number of hydrogen-bond acceptors (Lipinski definition) is 3. The molecule has 0 amide bonds. The van der Waals surface area contributed by atoms with Crippen LogP contribution in [0.4, 0.5) is 0 Å². The van der Waals surface area contributed by atoms with Crippen molar-refractivity contribution in [3.05, 3.63) is 0 Å². The molecule has 0 aliphatic rings. The molecule has 0 heterocycles. The lowest BCUT2D eigenvalue weighted by Gasteiger charge is -2.04. The maximum absolute atomic E-state index is 10.3. The third kappa shape index (κ3) is 6.42. The van der Waals surface area contributed by atoms with Crippen LogP contribution in [0.25, 0.3) is 0 Å². The van der Waals surface area contributed by atoms with Gasteiger partial charge in [-0.15, -0.1) is 0 Å². The zero-order valence-corrected chi connectivity index (χ0v) is 8.57. The van der Waals surface area contributed by atoms with Gasteiger partial charge in [0.05, 0.1) is 5.84 Å². The number of carbonyl (C=O) groups is 1. The summed E-state index contributed by atoms with van der Waals surface area (Å²) in [5.41, 5.74) is 10.8. The van der Waals surface area contributed by atoms with E-state index in [4.69, 9.17) is 16.6 Å². The van der Waals surface area contributed by atoms with Gasteiger partial charge in [-0.1, -0.05) is 6.92 Å². The summed E-state index contributed by atoms with van der Waals surface area (Å²) in [5.74, 6) is -0.297. The second-order valence-electron chi connectivity index (χ2n) is 3.17. The van der Waals surface area contributed by atoms with Gasteiger partial charge in [0.2, 0.25) is 0 Å². The lowest BCUT2D eigenvalue weighted by molar-refractivity contribution is -0.138. The number of aliphatic carboxylic acids is 1. The Balaban J connectivity index is 3.43. The van der Waals surface area contributed by atoms with Crippen molar-refractivity contribution in [2.75, 3.05) is 6.54 Å². The van der Waals surface area contributed by atoms with Crippen molar-refractivity contribution in [1.29, 1.82) is 0 Å². The molecular formula is C9H19N3O2. The molecule has 0 saturated heterocycles. The van der Waals surface area contributed by atoms with Crippen LogP contribution in [0.5, 0.6) is 0 Å². The van der Waals surface area contributed by atoms with Gasteiger partial charge in [-0.3, -0.25) is 9.79 Å². The van der Waals surface area contributed by atoms with Crippen LogP contribution < -0.4 is 11.5 Å². The quantitative estimate of drug-likeness (QED) is 0.314. The molecule has 0 fully saturated rings. The van der Waals surface area contributed by atoms with Crippen LogP contribution in [0.15, 0.2) is 4.99 Å². The summed E-state index contributed by atoms with van der Waals surface area (Å²) >= 11 is 0. The van der Waals surface area contributed by atoms with Crippen LogP contribution >= 0.6 is 0 Å². The fraction of sp³-hybridized carbons (Fsp3) is 0.778. The summed E-state index contributed by atoms with van der Waals surface area (Å²) in [6, 6.07) is -0.748. The molecule has 0 aromatic rings. The van der Waals surface area contributed by atoms with Crippen LogP contribution in [0.1, 0.15) is 32.6 Å². The average Bonchev–Trinajstić information content (AvgIpc) is 2.16. The molecular weight excluding hydrogens is 182 g/mol. The lowest BCUT2D eigenvalue weighted by Crippen LogP contribution is -2.29. The largest absolute Gasteiger partial charge is 0.480 e. The number of hydrogen-bond donors (Lipinski definition) is 3. The normalized spacial score (nSPS) is 14.0. The van der Waals surface area contributed by atoms with E-state index in [0.717, 1.165) is 19.3 Å². The van der Waals surface area contributed by atoms with Crippen molar-refractivity contribution in [3.8, 4) is 0 Å². The Morgan fingerprint density at radius 3 is 2.64 bits per heavy atom. The van der Waals surface area contributed by atoms with Gasteiger partial charge in [-0.2, -0.15) is 0 Å². The highest BCUT2D eigenvalue weighted by molar-refractivity contribution is 5.79. The van der Waals surface area contributed by atoms with Gasteiger partial charge in [-0.05, 0) is 19.3 Å². The topological polar surface area (TPSA) is 102 Å². The second kappa shape index (κ2) is 7.32. The smallest absolute Gasteiger partial charge is 0.320 e. The van der Waals surface area contributed by atoms with Crippen molar-refractivity contribution < 1.29 is 9.90 Å². The number of aliphatic imine (C=N–C) groups is 1. The number of rotatable bonds is 7. The first kappa shape index (κ1) is 12.9. The first-order chi connectivity index (χ1) is 6.57. The van der Waals surface area contributed by atoms with Crippen LogP contribution in [-0.4, -0.2) is 29.5 Å².